The lowest BCUT2D eigenvalue weighted by molar-refractivity contribution is 0.801. The van der Waals surface area contributed by atoms with Crippen molar-refractivity contribution in [2.75, 3.05) is 9.80 Å². The molecular weight excluding hydrogens is 713 g/mol. The summed E-state index contributed by atoms with van der Waals surface area (Å²) in [5, 5.41) is 4.94. The zero-order valence-electron chi connectivity index (χ0n) is 32.3. The molecule has 12 rings (SSSR count). The molecule has 1 atom stereocenters. The van der Waals surface area contributed by atoms with E-state index in [1.54, 1.807) is 0 Å². The molecule has 1 unspecified atom stereocenters. The lowest BCUT2D eigenvalue weighted by Crippen LogP contribution is -2.27. The summed E-state index contributed by atoms with van der Waals surface area (Å²) in [6.07, 6.45) is 0. The average Bonchev–Trinajstić information content (AvgIpc) is 3.78. The van der Waals surface area contributed by atoms with E-state index in [0.29, 0.717) is 0 Å². The smallest absolute Gasteiger partial charge is 0.0733 e. The lowest BCUT2D eigenvalue weighted by Gasteiger charge is -2.34. The van der Waals surface area contributed by atoms with Gasteiger partial charge in [0.15, 0.2) is 0 Å². The Bertz CT molecular complexity index is 3190. The van der Waals surface area contributed by atoms with Gasteiger partial charge in [0.05, 0.1) is 11.1 Å². The van der Waals surface area contributed by atoms with Gasteiger partial charge in [-0.2, -0.15) is 0 Å². The first kappa shape index (κ1) is 33.5. The third-order valence-electron chi connectivity index (χ3n) is 12.6. The van der Waals surface area contributed by atoms with Crippen LogP contribution < -0.4 is 9.80 Å². The fourth-order valence-corrected chi connectivity index (χ4v) is 10.2. The van der Waals surface area contributed by atoms with E-state index in [1.807, 2.05) is 0 Å². The molecule has 2 aliphatic rings. The largest absolute Gasteiger partial charge is 0.310 e. The molecule has 10 aromatic carbocycles. The third-order valence-corrected chi connectivity index (χ3v) is 12.6. The van der Waals surface area contributed by atoms with Crippen LogP contribution in [0.3, 0.4) is 0 Å². The molecular formula is C57H38N2. The van der Waals surface area contributed by atoms with E-state index < -0.39 is 5.41 Å². The van der Waals surface area contributed by atoms with E-state index in [2.05, 4.69) is 240 Å². The number of anilines is 6. The van der Waals surface area contributed by atoms with E-state index in [-0.39, 0.29) is 0 Å². The molecule has 59 heavy (non-hydrogen) atoms. The molecule has 0 amide bonds. The van der Waals surface area contributed by atoms with Crippen LogP contribution in [0.2, 0.25) is 0 Å². The Kier molecular flexibility index (Phi) is 7.48. The molecule has 0 bridgehead atoms. The van der Waals surface area contributed by atoms with Crippen molar-refractivity contribution < 1.29 is 0 Å². The van der Waals surface area contributed by atoms with Crippen LogP contribution in [-0.4, -0.2) is 0 Å². The van der Waals surface area contributed by atoms with E-state index in [4.69, 9.17) is 0 Å². The number of hydrogen-bond donors (Lipinski definition) is 0. The zero-order valence-corrected chi connectivity index (χ0v) is 32.3. The van der Waals surface area contributed by atoms with Crippen molar-refractivity contribution in [2.45, 2.75) is 5.41 Å². The van der Waals surface area contributed by atoms with E-state index in [1.165, 1.54) is 71.7 Å². The number of fused-ring (bicyclic) bond motifs is 13. The number of para-hydroxylation sites is 3. The van der Waals surface area contributed by atoms with E-state index >= 15 is 0 Å². The van der Waals surface area contributed by atoms with Crippen LogP contribution >= 0.6 is 0 Å². The summed E-state index contributed by atoms with van der Waals surface area (Å²) in [7, 11) is 0. The van der Waals surface area contributed by atoms with Crippen molar-refractivity contribution >= 4 is 55.7 Å². The van der Waals surface area contributed by atoms with Crippen molar-refractivity contribution in [2.24, 2.45) is 0 Å². The molecule has 0 saturated heterocycles. The minimum atomic E-state index is -0.589. The van der Waals surface area contributed by atoms with Crippen molar-refractivity contribution in [3.8, 4) is 22.3 Å². The van der Waals surface area contributed by atoms with Gasteiger partial charge in [0, 0.05) is 34.0 Å². The van der Waals surface area contributed by atoms with E-state index in [9.17, 15) is 0 Å². The Morgan fingerprint density at radius 1 is 0.288 bits per heavy atom. The highest BCUT2D eigenvalue weighted by molar-refractivity contribution is 6.10. The summed E-state index contributed by atoms with van der Waals surface area (Å²) in [4.78, 5) is 4.88. The molecule has 2 nitrogen and oxygen atoms in total. The quantitative estimate of drug-likeness (QED) is 0.167. The maximum atomic E-state index is 2.50. The van der Waals surface area contributed by atoms with Gasteiger partial charge in [-0.3, -0.25) is 0 Å². The monoisotopic (exact) mass is 750 g/mol. The first-order chi connectivity index (χ1) is 29.3. The van der Waals surface area contributed by atoms with Crippen molar-refractivity contribution in [1.82, 2.24) is 0 Å². The molecule has 2 heteroatoms. The van der Waals surface area contributed by atoms with Gasteiger partial charge in [0.1, 0.15) is 0 Å². The summed E-state index contributed by atoms with van der Waals surface area (Å²) in [5.74, 6) is 0. The van der Waals surface area contributed by atoms with Crippen LogP contribution in [0.4, 0.5) is 34.1 Å². The van der Waals surface area contributed by atoms with Crippen LogP contribution in [-0.2, 0) is 5.41 Å². The molecule has 10 aromatic rings. The first-order valence-corrected chi connectivity index (χ1v) is 20.4. The SMILES string of the molecule is c1ccc(N(c2ccc3c(c2)C2(c4ccccc4-3)c3ccccc3-c3c(N(c4ccccc4)c4ccccc4)cc4ccccc4c32)c2ccc3ccccc3c2)cc1. The third kappa shape index (κ3) is 4.93. The fraction of sp³-hybridized carbons (Fsp3) is 0.0175. The Hall–Kier alpha value is -7.68. The summed E-state index contributed by atoms with van der Waals surface area (Å²) in [6.45, 7) is 0. The average molecular weight is 751 g/mol. The Balaban J connectivity index is 1.20. The molecule has 0 saturated carbocycles. The molecule has 0 heterocycles. The first-order valence-electron chi connectivity index (χ1n) is 20.4. The van der Waals surface area contributed by atoms with Crippen molar-refractivity contribution in [3.63, 3.8) is 0 Å². The minimum absolute atomic E-state index is 0.589. The predicted octanol–water partition coefficient (Wildman–Crippen LogP) is 15.3. The number of nitrogens with zero attached hydrogens (tertiary/aromatic N) is 2. The maximum absolute atomic E-state index is 2.50. The van der Waals surface area contributed by atoms with Crippen LogP contribution in [0.5, 0.6) is 0 Å². The van der Waals surface area contributed by atoms with Crippen LogP contribution in [0.15, 0.2) is 231 Å². The molecule has 2 aliphatic carbocycles. The number of hydrogen-bond acceptors (Lipinski definition) is 2. The lowest BCUT2D eigenvalue weighted by atomic mass is 9.69. The molecule has 0 aliphatic heterocycles. The van der Waals surface area contributed by atoms with Gasteiger partial charge in [0.2, 0.25) is 0 Å². The number of benzene rings is 10. The highest BCUT2D eigenvalue weighted by Gasteiger charge is 2.53. The normalized spacial score (nSPS) is 14.5. The van der Waals surface area contributed by atoms with Crippen molar-refractivity contribution in [3.05, 3.63) is 253 Å². The Morgan fingerprint density at radius 3 is 1.47 bits per heavy atom. The molecule has 0 aromatic heterocycles. The Morgan fingerprint density at radius 2 is 0.780 bits per heavy atom. The standard InChI is InChI=1S/C57H38N2/c1-4-21-42(22-5-1)58(45-33-32-39-18-10-11-19-40(39)36-45)46-34-35-49-48-28-14-16-30-51(48)57(53(49)38-46)52-31-17-15-29-50(52)55-54(37-41-20-12-13-27-47(41)56(55)57)59(43-23-6-2-7-24-43)44-25-8-3-9-26-44/h1-38H. The number of rotatable bonds is 6. The maximum Gasteiger partial charge on any atom is 0.0733 e. The zero-order chi connectivity index (χ0) is 38.9. The minimum Gasteiger partial charge on any atom is -0.310 e. The van der Waals surface area contributed by atoms with E-state index in [0.717, 1.165) is 28.4 Å². The molecule has 1 spiro atoms. The van der Waals surface area contributed by atoms with Gasteiger partial charge in [-0.05, 0) is 127 Å². The second-order valence-electron chi connectivity index (χ2n) is 15.6. The fourth-order valence-electron chi connectivity index (χ4n) is 10.2. The summed E-state index contributed by atoms with van der Waals surface area (Å²) >= 11 is 0. The molecule has 276 valence electrons. The van der Waals surface area contributed by atoms with Crippen LogP contribution in [0.1, 0.15) is 22.3 Å². The van der Waals surface area contributed by atoms with Gasteiger partial charge in [-0.25, -0.2) is 0 Å². The summed E-state index contributed by atoms with van der Waals surface area (Å²) < 4.78 is 0. The molecule has 0 radical (unpaired) electrons. The van der Waals surface area contributed by atoms with Gasteiger partial charge < -0.3 is 9.80 Å². The van der Waals surface area contributed by atoms with Gasteiger partial charge in [-0.1, -0.05) is 164 Å². The topological polar surface area (TPSA) is 6.48 Å². The Labute approximate surface area is 344 Å². The summed E-state index contributed by atoms with van der Waals surface area (Å²) in [6, 6.07) is 84.9. The predicted molar refractivity (Wildman–Crippen MR) is 247 cm³/mol. The van der Waals surface area contributed by atoms with Crippen LogP contribution in [0, 0.1) is 0 Å². The molecule has 0 N–H and O–H groups in total. The van der Waals surface area contributed by atoms with Crippen molar-refractivity contribution in [1.29, 1.82) is 0 Å². The second kappa shape index (κ2) is 13.2. The highest BCUT2D eigenvalue weighted by Crippen LogP contribution is 2.66. The molecule has 0 fully saturated rings. The van der Waals surface area contributed by atoms with Gasteiger partial charge in [0.25, 0.3) is 0 Å². The van der Waals surface area contributed by atoms with Gasteiger partial charge in [-0.15, -0.1) is 0 Å². The summed E-state index contributed by atoms with van der Waals surface area (Å²) in [5.41, 5.74) is 16.6. The van der Waals surface area contributed by atoms with Gasteiger partial charge >= 0.3 is 0 Å². The highest BCUT2D eigenvalue weighted by atomic mass is 15.1. The second-order valence-corrected chi connectivity index (χ2v) is 15.6. The van der Waals surface area contributed by atoms with Crippen LogP contribution in [0.25, 0.3) is 43.8 Å².